The van der Waals surface area contributed by atoms with E-state index < -0.39 is 23.7 Å². The van der Waals surface area contributed by atoms with Gasteiger partial charge in [0, 0.05) is 24.5 Å². The van der Waals surface area contributed by atoms with E-state index in [0.717, 1.165) is 12.3 Å². The molecule has 2 heterocycles. The van der Waals surface area contributed by atoms with Crippen LogP contribution in [0.2, 0.25) is 0 Å². The minimum absolute atomic E-state index is 0.0485. The van der Waals surface area contributed by atoms with E-state index in [1.54, 1.807) is 38.3 Å². The number of aliphatic imine (C=N–C) groups is 1. The number of pyridine rings is 1. The van der Waals surface area contributed by atoms with Crippen LogP contribution in [0.3, 0.4) is 0 Å². The number of ether oxygens (including phenoxy) is 1. The number of aliphatic hydroxyl groups excluding tert-OH is 1. The van der Waals surface area contributed by atoms with Crippen molar-refractivity contribution in [2.75, 3.05) is 17.7 Å². The number of aromatic nitrogens is 3. The van der Waals surface area contributed by atoms with Crippen LogP contribution in [0.1, 0.15) is 30.5 Å². The van der Waals surface area contributed by atoms with Crippen LogP contribution in [-0.2, 0) is 19.1 Å². The summed E-state index contributed by atoms with van der Waals surface area (Å²) in [4.78, 5) is 7.91. The minimum Gasteiger partial charge on any atom is -0.478 e. The van der Waals surface area contributed by atoms with Crippen LogP contribution in [0.15, 0.2) is 78.6 Å². The molecule has 0 fully saturated rings. The zero-order chi connectivity index (χ0) is 29.4. The first-order valence-electron chi connectivity index (χ1n) is 12.1. The van der Waals surface area contributed by atoms with Crippen molar-refractivity contribution in [1.29, 1.82) is 0 Å². The van der Waals surface area contributed by atoms with Crippen molar-refractivity contribution in [2.24, 2.45) is 4.99 Å². The molecule has 0 saturated carbocycles. The highest BCUT2D eigenvalue weighted by molar-refractivity contribution is 6.10. The van der Waals surface area contributed by atoms with E-state index >= 15 is 0 Å². The smallest absolute Gasteiger partial charge is 0.417 e. The summed E-state index contributed by atoms with van der Waals surface area (Å²) in [6, 6.07) is 5.54. The summed E-state index contributed by atoms with van der Waals surface area (Å²) in [5.41, 5.74) is 1.50. The SMILES string of the molecule is C=C(Cc1ccc(C(/C=N\C(=C)Nc2cn(C[C@H](C)O)nc2OC)=C/C)cc1F)Nc1cncc(C(F)(F)F)c1. The maximum Gasteiger partial charge on any atom is 0.417 e. The maximum atomic E-state index is 15.0. The molecule has 12 heteroatoms. The Bertz CT molecular complexity index is 1430. The number of benzene rings is 1. The molecular weight excluding hydrogens is 528 g/mol. The summed E-state index contributed by atoms with van der Waals surface area (Å²) in [5.74, 6) is 0.0710. The normalized spacial score (nSPS) is 12.8. The molecule has 3 rings (SSSR count). The van der Waals surface area contributed by atoms with Crippen LogP contribution in [-0.4, -0.2) is 39.3 Å². The van der Waals surface area contributed by atoms with Gasteiger partial charge in [0.25, 0.3) is 5.88 Å². The third kappa shape index (κ3) is 8.27. The van der Waals surface area contributed by atoms with Gasteiger partial charge in [-0.15, -0.1) is 5.10 Å². The third-order valence-electron chi connectivity index (χ3n) is 5.50. The van der Waals surface area contributed by atoms with Crippen molar-refractivity contribution in [3.63, 3.8) is 0 Å². The van der Waals surface area contributed by atoms with Crippen molar-refractivity contribution < 1.29 is 27.4 Å². The van der Waals surface area contributed by atoms with Crippen LogP contribution in [0, 0.1) is 5.82 Å². The molecule has 3 aromatic rings. The molecule has 0 aliphatic carbocycles. The van der Waals surface area contributed by atoms with E-state index in [4.69, 9.17) is 4.74 Å². The van der Waals surface area contributed by atoms with Gasteiger partial charge < -0.3 is 20.5 Å². The molecule has 0 spiro atoms. The molecule has 0 bridgehead atoms. The van der Waals surface area contributed by atoms with Gasteiger partial charge in [0.05, 0.1) is 43.4 Å². The van der Waals surface area contributed by atoms with Crippen molar-refractivity contribution in [2.45, 2.75) is 39.1 Å². The summed E-state index contributed by atoms with van der Waals surface area (Å²) in [7, 11) is 1.47. The molecule has 1 atom stereocenters. The molecule has 0 unspecified atom stereocenters. The Balaban J connectivity index is 1.65. The van der Waals surface area contributed by atoms with E-state index in [1.165, 1.54) is 30.3 Å². The topological polar surface area (TPSA) is 96.6 Å². The van der Waals surface area contributed by atoms with Crippen LogP contribution < -0.4 is 15.4 Å². The Morgan fingerprint density at radius 3 is 2.60 bits per heavy atom. The molecule has 0 aliphatic rings. The number of halogens is 4. The first-order valence-corrected chi connectivity index (χ1v) is 12.1. The van der Waals surface area contributed by atoms with Gasteiger partial charge in [-0.2, -0.15) is 13.2 Å². The Labute approximate surface area is 229 Å². The van der Waals surface area contributed by atoms with Crippen molar-refractivity contribution >= 4 is 23.2 Å². The molecule has 212 valence electrons. The maximum absolute atomic E-state index is 15.0. The van der Waals surface area contributed by atoms with Crippen LogP contribution in [0.25, 0.3) is 5.57 Å². The predicted molar refractivity (Wildman–Crippen MR) is 147 cm³/mol. The van der Waals surface area contributed by atoms with E-state index in [0.29, 0.717) is 34.0 Å². The van der Waals surface area contributed by atoms with Crippen molar-refractivity contribution in [1.82, 2.24) is 14.8 Å². The fraction of sp³-hybridized carbons (Fsp3) is 0.250. The summed E-state index contributed by atoms with van der Waals surface area (Å²) in [6.45, 7) is 11.4. The molecule has 0 amide bonds. The largest absolute Gasteiger partial charge is 0.478 e. The fourth-order valence-electron chi connectivity index (χ4n) is 3.67. The van der Waals surface area contributed by atoms with E-state index in [1.807, 2.05) is 0 Å². The predicted octanol–water partition coefficient (Wildman–Crippen LogP) is 6.05. The third-order valence-corrected chi connectivity index (χ3v) is 5.50. The van der Waals surface area contributed by atoms with Gasteiger partial charge in [0.2, 0.25) is 0 Å². The monoisotopic (exact) mass is 558 g/mol. The highest BCUT2D eigenvalue weighted by Crippen LogP contribution is 2.30. The lowest BCUT2D eigenvalue weighted by Crippen LogP contribution is -2.11. The lowest BCUT2D eigenvalue weighted by atomic mass is 10.0. The lowest BCUT2D eigenvalue weighted by molar-refractivity contribution is -0.137. The summed E-state index contributed by atoms with van der Waals surface area (Å²) >= 11 is 0. The number of nitrogens with zero attached hydrogens (tertiary/aromatic N) is 4. The van der Waals surface area contributed by atoms with Gasteiger partial charge in [-0.1, -0.05) is 31.4 Å². The van der Waals surface area contributed by atoms with Crippen LogP contribution in [0.5, 0.6) is 5.88 Å². The highest BCUT2D eigenvalue weighted by Gasteiger charge is 2.31. The molecule has 8 nitrogen and oxygen atoms in total. The number of anilines is 2. The summed E-state index contributed by atoms with van der Waals surface area (Å²) in [6.07, 6.45) is 1.83. The van der Waals surface area contributed by atoms with Gasteiger partial charge in [-0.05, 0) is 42.7 Å². The second kappa shape index (κ2) is 13.1. The number of allylic oxidation sites excluding steroid dienone is 3. The first-order chi connectivity index (χ1) is 18.9. The number of alkyl halides is 3. The standard InChI is InChI=1S/C28H30F4N6O2/c1-6-20(12-34-19(4)36-26-16-38(15-18(3)39)37-27(26)40-5)21-7-8-22(25(29)10-21)9-17(2)35-24-11-23(13-33-14-24)28(30,31)32/h6-8,10-14,16,18,35-36,39H,2,4,9,15H2,1,3,5H3/b20-6+,34-12-/t18-/m0/s1. The average Bonchev–Trinajstić information content (AvgIpc) is 3.25. The Hall–Kier alpha value is -4.45. The second-order valence-corrected chi connectivity index (χ2v) is 8.87. The molecular formula is C28H30F4N6O2. The summed E-state index contributed by atoms with van der Waals surface area (Å²) < 4.78 is 60.5. The van der Waals surface area contributed by atoms with Gasteiger partial charge in [0.15, 0.2) is 0 Å². The number of hydrogen-bond donors (Lipinski definition) is 3. The zero-order valence-electron chi connectivity index (χ0n) is 22.3. The highest BCUT2D eigenvalue weighted by atomic mass is 19.4. The molecule has 2 aromatic heterocycles. The Kier molecular flexibility index (Phi) is 9.83. The Morgan fingerprint density at radius 1 is 1.23 bits per heavy atom. The lowest BCUT2D eigenvalue weighted by Gasteiger charge is -2.13. The average molecular weight is 559 g/mol. The number of nitrogens with one attached hydrogen (secondary N) is 2. The van der Waals surface area contributed by atoms with Crippen molar-refractivity contribution in [3.05, 3.63) is 96.1 Å². The second-order valence-electron chi connectivity index (χ2n) is 8.87. The number of aliphatic hydroxyl groups is 1. The molecule has 0 radical (unpaired) electrons. The van der Waals surface area contributed by atoms with Gasteiger partial charge >= 0.3 is 6.18 Å². The minimum atomic E-state index is -4.53. The van der Waals surface area contributed by atoms with Crippen LogP contribution in [0.4, 0.5) is 28.9 Å². The van der Waals surface area contributed by atoms with Crippen LogP contribution >= 0.6 is 0 Å². The first kappa shape index (κ1) is 30.1. The Morgan fingerprint density at radius 2 is 1.98 bits per heavy atom. The van der Waals surface area contributed by atoms with Crippen molar-refractivity contribution in [3.8, 4) is 5.88 Å². The zero-order valence-corrected chi connectivity index (χ0v) is 22.3. The molecule has 3 N–H and O–H groups in total. The molecule has 40 heavy (non-hydrogen) atoms. The molecule has 0 saturated heterocycles. The number of hydrogen-bond acceptors (Lipinski definition) is 7. The number of methoxy groups -OCH3 is 1. The fourth-order valence-corrected chi connectivity index (χ4v) is 3.67. The number of rotatable bonds is 12. The quantitative estimate of drug-likeness (QED) is 0.185. The summed E-state index contributed by atoms with van der Waals surface area (Å²) in [5, 5.41) is 19.5. The molecule has 1 aromatic carbocycles. The van der Waals surface area contributed by atoms with E-state index in [-0.39, 0.29) is 24.5 Å². The van der Waals surface area contributed by atoms with Gasteiger partial charge in [-0.25, -0.2) is 9.38 Å². The molecule has 0 aliphatic heterocycles. The van der Waals surface area contributed by atoms with E-state index in [2.05, 4.69) is 38.9 Å². The van der Waals surface area contributed by atoms with Gasteiger partial charge in [-0.3, -0.25) is 9.67 Å². The van der Waals surface area contributed by atoms with Gasteiger partial charge in [0.1, 0.15) is 17.3 Å². The van der Waals surface area contributed by atoms with E-state index in [9.17, 15) is 22.7 Å².